The average Bonchev–Trinajstić information content (AvgIpc) is 3.10. The molecule has 2 aromatic rings. The Kier molecular flexibility index (Phi) is 9.22. The number of nitrogens with one attached hydrogen (secondary N) is 1. The zero-order valence-electron chi connectivity index (χ0n) is 17.0. The van der Waals surface area contributed by atoms with Gasteiger partial charge < -0.3 is 10.2 Å². The van der Waals surface area contributed by atoms with Crippen LogP contribution in [0.4, 0.5) is 8.78 Å². The Bertz CT molecular complexity index is 821. The van der Waals surface area contributed by atoms with Crippen LogP contribution in [0.25, 0.3) is 0 Å². The molecule has 2 heterocycles. The third-order valence-electron chi connectivity index (χ3n) is 5.23. The van der Waals surface area contributed by atoms with Crippen LogP contribution in [0.15, 0.2) is 28.7 Å². The minimum atomic E-state index is -0.535. The van der Waals surface area contributed by atoms with Crippen LogP contribution >= 0.6 is 35.3 Å². The summed E-state index contributed by atoms with van der Waals surface area (Å²) in [6.07, 6.45) is 0.778. The number of aliphatic imine (C=N–C) groups is 1. The molecule has 1 N–H and O–H groups in total. The highest BCUT2D eigenvalue weighted by atomic mass is 127. The van der Waals surface area contributed by atoms with Crippen molar-refractivity contribution in [2.45, 2.75) is 32.9 Å². The first-order chi connectivity index (χ1) is 13.5. The van der Waals surface area contributed by atoms with E-state index in [0.29, 0.717) is 12.1 Å². The van der Waals surface area contributed by atoms with Crippen LogP contribution in [0, 0.1) is 18.6 Å². The first-order valence-corrected chi connectivity index (χ1v) is 10.4. The number of rotatable bonds is 5. The standard InChI is InChI=1S/C20H27F2N5S.HI/c1-4-18(16-6-5-15(21)11-17(16)22)26-7-9-27(10-8-26)20(23-3)24-12-19-14(2)25-13-28-19;/h5-6,11,13,18H,4,7-10,12H2,1-3H3,(H,23,24);1H. The predicted molar refractivity (Wildman–Crippen MR) is 125 cm³/mol. The Labute approximate surface area is 192 Å². The van der Waals surface area contributed by atoms with E-state index >= 15 is 0 Å². The zero-order chi connectivity index (χ0) is 20.1. The van der Waals surface area contributed by atoms with Gasteiger partial charge in [-0.05, 0) is 19.4 Å². The Hall–Kier alpha value is -1.33. The van der Waals surface area contributed by atoms with Crippen LogP contribution in [-0.4, -0.2) is 54.0 Å². The number of nitrogens with zero attached hydrogens (tertiary/aromatic N) is 4. The van der Waals surface area contributed by atoms with Crippen LogP contribution in [0.5, 0.6) is 0 Å². The molecule has 0 spiro atoms. The van der Waals surface area contributed by atoms with E-state index in [1.165, 1.54) is 10.9 Å². The van der Waals surface area contributed by atoms with Crippen LogP contribution < -0.4 is 5.32 Å². The zero-order valence-corrected chi connectivity index (χ0v) is 20.1. The number of benzene rings is 1. The van der Waals surface area contributed by atoms with Crippen molar-refractivity contribution in [1.82, 2.24) is 20.1 Å². The fourth-order valence-electron chi connectivity index (χ4n) is 3.68. The van der Waals surface area contributed by atoms with Gasteiger partial charge in [-0.3, -0.25) is 9.89 Å². The molecule has 5 nitrogen and oxygen atoms in total. The molecular weight excluding hydrogens is 507 g/mol. The lowest BCUT2D eigenvalue weighted by Gasteiger charge is -2.40. The summed E-state index contributed by atoms with van der Waals surface area (Å²) in [5, 5.41) is 3.41. The van der Waals surface area contributed by atoms with E-state index in [0.717, 1.165) is 50.3 Å². The quantitative estimate of drug-likeness (QED) is 0.355. The molecule has 1 unspecified atom stereocenters. The number of guanidine groups is 1. The molecule has 0 radical (unpaired) electrons. The van der Waals surface area contributed by atoms with Gasteiger partial charge in [-0.15, -0.1) is 35.3 Å². The predicted octanol–water partition coefficient (Wildman–Crippen LogP) is 4.19. The second-order valence-corrected chi connectivity index (χ2v) is 7.81. The monoisotopic (exact) mass is 535 g/mol. The number of aromatic nitrogens is 1. The minimum Gasteiger partial charge on any atom is -0.351 e. The van der Waals surface area contributed by atoms with Crippen molar-refractivity contribution in [3.8, 4) is 0 Å². The van der Waals surface area contributed by atoms with Crippen LogP contribution in [0.1, 0.15) is 35.5 Å². The van der Waals surface area contributed by atoms with E-state index in [9.17, 15) is 8.78 Å². The van der Waals surface area contributed by atoms with Crippen LogP contribution in [-0.2, 0) is 6.54 Å². The van der Waals surface area contributed by atoms with Gasteiger partial charge in [0, 0.05) is 55.8 Å². The first kappa shape index (κ1) is 23.9. The molecule has 1 fully saturated rings. The molecule has 0 aliphatic carbocycles. The highest BCUT2D eigenvalue weighted by molar-refractivity contribution is 14.0. The van der Waals surface area contributed by atoms with E-state index in [1.807, 2.05) is 19.4 Å². The summed E-state index contributed by atoms with van der Waals surface area (Å²) in [4.78, 5) is 14.4. The fraction of sp³-hybridized carbons (Fsp3) is 0.500. The highest BCUT2D eigenvalue weighted by Gasteiger charge is 2.27. The Morgan fingerprint density at radius 3 is 2.55 bits per heavy atom. The van der Waals surface area contributed by atoms with Crippen molar-refractivity contribution in [2.24, 2.45) is 4.99 Å². The molecule has 1 atom stereocenters. The lowest BCUT2D eigenvalue weighted by Crippen LogP contribution is -2.53. The van der Waals surface area contributed by atoms with Gasteiger partial charge in [0.2, 0.25) is 0 Å². The second-order valence-electron chi connectivity index (χ2n) is 6.87. The Morgan fingerprint density at radius 2 is 2.00 bits per heavy atom. The molecule has 29 heavy (non-hydrogen) atoms. The van der Waals surface area contributed by atoms with Crippen molar-refractivity contribution in [2.75, 3.05) is 33.2 Å². The maximum absolute atomic E-state index is 14.3. The van der Waals surface area contributed by atoms with Gasteiger partial charge in [-0.2, -0.15) is 0 Å². The summed E-state index contributed by atoms with van der Waals surface area (Å²) >= 11 is 1.64. The summed E-state index contributed by atoms with van der Waals surface area (Å²) in [6.45, 7) is 7.97. The van der Waals surface area contributed by atoms with Crippen molar-refractivity contribution < 1.29 is 8.78 Å². The summed E-state index contributed by atoms with van der Waals surface area (Å²) in [5.74, 6) is -0.132. The normalized spacial score (nSPS) is 16.4. The van der Waals surface area contributed by atoms with E-state index in [2.05, 4.69) is 25.1 Å². The first-order valence-electron chi connectivity index (χ1n) is 9.57. The van der Waals surface area contributed by atoms with Crippen LogP contribution in [0.3, 0.4) is 0 Å². The highest BCUT2D eigenvalue weighted by Crippen LogP contribution is 2.28. The third kappa shape index (κ3) is 5.85. The average molecular weight is 535 g/mol. The van der Waals surface area contributed by atoms with Gasteiger partial charge in [0.1, 0.15) is 11.6 Å². The van der Waals surface area contributed by atoms with E-state index in [-0.39, 0.29) is 30.0 Å². The summed E-state index contributed by atoms with van der Waals surface area (Å²) < 4.78 is 27.5. The molecule has 1 aliphatic heterocycles. The second kappa shape index (κ2) is 11.2. The lowest BCUT2D eigenvalue weighted by molar-refractivity contribution is 0.124. The largest absolute Gasteiger partial charge is 0.351 e. The van der Waals surface area contributed by atoms with Gasteiger partial charge >= 0.3 is 0 Å². The number of hydrogen-bond acceptors (Lipinski definition) is 4. The smallest absolute Gasteiger partial charge is 0.194 e. The summed E-state index contributed by atoms with van der Waals surface area (Å²) in [7, 11) is 1.79. The third-order valence-corrected chi connectivity index (χ3v) is 6.16. The topological polar surface area (TPSA) is 43.8 Å². The van der Waals surface area contributed by atoms with Gasteiger partial charge in [0.25, 0.3) is 0 Å². The number of piperazine rings is 1. The molecule has 1 aliphatic rings. The fourth-order valence-corrected chi connectivity index (χ4v) is 4.40. The Balaban J connectivity index is 0.00000300. The van der Waals surface area contributed by atoms with E-state index in [4.69, 9.17) is 0 Å². The van der Waals surface area contributed by atoms with E-state index in [1.54, 1.807) is 24.5 Å². The SMILES string of the molecule is CCC(c1ccc(F)cc1F)N1CCN(C(=NC)NCc2scnc2C)CC1.I. The Morgan fingerprint density at radius 1 is 1.28 bits per heavy atom. The van der Waals surface area contributed by atoms with Crippen LogP contribution in [0.2, 0.25) is 0 Å². The summed E-state index contributed by atoms with van der Waals surface area (Å²) in [5.41, 5.74) is 3.47. The maximum Gasteiger partial charge on any atom is 0.194 e. The van der Waals surface area contributed by atoms with Gasteiger partial charge in [-0.1, -0.05) is 13.0 Å². The summed E-state index contributed by atoms with van der Waals surface area (Å²) in [6, 6.07) is 3.84. The molecule has 3 rings (SSSR count). The number of halogens is 3. The van der Waals surface area contributed by atoms with Gasteiger partial charge in [0.05, 0.1) is 17.7 Å². The molecule has 0 bridgehead atoms. The molecule has 1 saturated heterocycles. The number of hydrogen-bond donors (Lipinski definition) is 1. The number of thiazole rings is 1. The van der Waals surface area contributed by atoms with Crippen molar-refractivity contribution in [1.29, 1.82) is 0 Å². The van der Waals surface area contributed by atoms with Crippen molar-refractivity contribution >= 4 is 41.3 Å². The molecular formula is C20H28F2IN5S. The van der Waals surface area contributed by atoms with Gasteiger partial charge in [-0.25, -0.2) is 13.8 Å². The van der Waals surface area contributed by atoms with Gasteiger partial charge in [0.15, 0.2) is 5.96 Å². The molecule has 1 aromatic carbocycles. The molecule has 0 amide bonds. The van der Waals surface area contributed by atoms with Crippen molar-refractivity contribution in [3.63, 3.8) is 0 Å². The lowest BCUT2D eigenvalue weighted by atomic mass is 10.0. The minimum absolute atomic E-state index is 0. The van der Waals surface area contributed by atoms with Crippen molar-refractivity contribution in [3.05, 3.63) is 51.5 Å². The molecule has 160 valence electrons. The maximum atomic E-state index is 14.3. The molecule has 0 saturated carbocycles. The van der Waals surface area contributed by atoms with E-state index < -0.39 is 11.6 Å². The molecule has 9 heteroatoms. The number of aryl methyl sites for hydroxylation is 1. The molecule has 1 aromatic heterocycles.